The number of Topliss-reactive ketones (excluding diaryl/α,β-unsaturated/α-hetero) is 1. The molecular formula is C17H24O3. The molecule has 3 heteroatoms. The summed E-state index contributed by atoms with van der Waals surface area (Å²) < 4.78 is 5.56. The van der Waals surface area contributed by atoms with E-state index in [2.05, 4.69) is 19.1 Å². The number of ketones is 1. The summed E-state index contributed by atoms with van der Waals surface area (Å²) in [5, 5.41) is 0. The van der Waals surface area contributed by atoms with Gasteiger partial charge in [0.15, 0.2) is 0 Å². The van der Waals surface area contributed by atoms with Crippen LogP contribution in [-0.4, -0.2) is 18.4 Å². The van der Waals surface area contributed by atoms with Crippen molar-refractivity contribution in [2.75, 3.05) is 6.61 Å². The largest absolute Gasteiger partial charge is 0.465 e. The van der Waals surface area contributed by atoms with E-state index in [0.29, 0.717) is 48.9 Å². The van der Waals surface area contributed by atoms with Gasteiger partial charge >= 0.3 is 5.97 Å². The van der Waals surface area contributed by atoms with Gasteiger partial charge in [-0.2, -0.15) is 0 Å². The van der Waals surface area contributed by atoms with Crippen molar-refractivity contribution in [2.45, 2.75) is 45.4 Å². The number of ether oxygens (including phenoxy) is 1. The fourth-order valence-electron chi connectivity index (χ4n) is 4.04. The topological polar surface area (TPSA) is 43.4 Å². The lowest BCUT2D eigenvalue weighted by Gasteiger charge is -2.27. The standard InChI is InChI=1S/C17H24O3/c1-11(13-4-6-15(18)7-5-13)10-20-17(19)16-9-12-2-3-14(16)8-12/h2-3,11-14,16H,4-10H2,1H3. The Morgan fingerprint density at radius 3 is 2.65 bits per heavy atom. The van der Waals surface area contributed by atoms with E-state index in [-0.39, 0.29) is 11.9 Å². The smallest absolute Gasteiger partial charge is 0.309 e. The fraction of sp³-hybridized carbons (Fsp3) is 0.765. The highest BCUT2D eigenvalue weighted by Gasteiger charge is 2.40. The van der Waals surface area contributed by atoms with Crippen molar-refractivity contribution in [3.05, 3.63) is 12.2 Å². The zero-order valence-corrected chi connectivity index (χ0v) is 12.2. The lowest BCUT2D eigenvalue weighted by Crippen LogP contribution is -2.27. The molecule has 20 heavy (non-hydrogen) atoms. The average molecular weight is 276 g/mol. The van der Waals surface area contributed by atoms with E-state index >= 15 is 0 Å². The van der Waals surface area contributed by atoms with Crippen LogP contribution in [0, 0.1) is 29.6 Å². The van der Waals surface area contributed by atoms with Crippen molar-refractivity contribution in [1.29, 1.82) is 0 Å². The molecule has 0 aromatic carbocycles. The van der Waals surface area contributed by atoms with E-state index in [9.17, 15) is 9.59 Å². The first-order valence-electron chi connectivity index (χ1n) is 8.00. The van der Waals surface area contributed by atoms with Crippen LogP contribution < -0.4 is 0 Å². The van der Waals surface area contributed by atoms with E-state index in [1.54, 1.807) is 0 Å². The third-order valence-electron chi connectivity index (χ3n) is 5.46. The first kappa shape index (κ1) is 13.8. The number of hydrogen-bond acceptors (Lipinski definition) is 3. The molecule has 0 heterocycles. The second-order valence-corrected chi connectivity index (χ2v) is 6.87. The number of carbonyl (C=O) groups is 2. The highest BCUT2D eigenvalue weighted by molar-refractivity contribution is 5.79. The van der Waals surface area contributed by atoms with Crippen molar-refractivity contribution >= 4 is 11.8 Å². The Morgan fingerprint density at radius 1 is 1.30 bits per heavy atom. The lowest BCUT2D eigenvalue weighted by atomic mass is 9.81. The van der Waals surface area contributed by atoms with Crippen LogP contribution in [0.4, 0.5) is 0 Å². The maximum absolute atomic E-state index is 12.2. The lowest BCUT2D eigenvalue weighted by molar-refractivity contribution is -0.151. The molecule has 3 aliphatic rings. The minimum absolute atomic E-state index is 0.000542. The highest BCUT2D eigenvalue weighted by Crippen LogP contribution is 2.44. The normalized spacial score (nSPS) is 34.5. The first-order valence-corrected chi connectivity index (χ1v) is 8.00. The Morgan fingerprint density at radius 2 is 2.05 bits per heavy atom. The predicted molar refractivity (Wildman–Crippen MR) is 75.9 cm³/mol. The number of fused-ring (bicyclic) bond motifs is 2. The van der Waals surface area contributed by atoms with Crippen LogP contribution in [0.2, 0.25) is 0 Å². The number of esters is 1. The Labute approximate surface area is 120 Å². The predicted octanol–water partition coefficient (Wildman–Crippen LogP) is 3.14. The van der Waals surface area contributed by atoms with Crippen molar-refractivity contribution in [3.63, 3.8) is 0 Å². The molecule has 4 atom stereocenters. The Balaban J connectivity index is 1.43. The van der Waals surface area contributed by atoms with Crippen LogP contribution in [0.5, 0.6) is 0 Å². The summed E-state index contributed by atoms with van der Waals surface area (Å²) >= 11 is 0. The molecule has 0 amide bonds. The van der Waals surface area contributed by atoms with E-state index in [4.69, 9.17) is 4.74 Å². The summed E-state index contributed by atoms with van der Waals surface area (Å²) in [7, 11) is 0. The molecule has 110 valence electrons. The summed E-state index contributed by atoms with van der Waals surface area (Å²) in [6.07, 6.45) is 9.90. The number of hydrogen-bond donors (Lipinski definition) is 0. The van der Waals surface area contributed by atoms with E-state index < -0.39 is 0 Å². The minimum atomic E-state index is 0.000542. The molecule has 2 fully saturated rings. The molecule has 3 nitrogen and oxygen atoms in total. The van der Waals surface area contributed by atoms with Gasteiger partial charge in [0.25, 0.3) is 0 Å². The molecule has 0 spiro atoms. The van der Waals surface area contributed by atoms with Gasteiger partial charge in [-0.15, -0.1) is 0 Å². The van der Waals surface area contributed by atoms with Crippen LogP contribution >= 0.6 is 0 Å². The average Bonchev–Trinajstić information content (AvgIpc) is 3.08. The number of rotatable bonds is 4. The van der Waals surface area contributed by atoms with Crippen LogP contribution in [0.25, 0.3) is 0 Å². The van der Waals surface area contributed by atoms with Gasteiger partial charge in [-0.1, -0.05) is 19.1 Å². The molecule has 0 aromatic heterocycles. The van der Waals surface area contributed by atoms with Crippen LogP contribution in [0.3, 0.4) is 0 Å². The van der Waals surface area contributed by atoms with Gasteiger partial charge in [-0.3, -0.25) is 9.59 Å². The van der Waals surface area contributed by atoms with Crippen molar-refractivity contribution in [3.8, 4) is 0 Å². The first-order chi connectivity index (χ1) is 9.63. The van der Waals surface area contributed by atoms with Crippen molar-refractivity contribution in [2.24, 2.45) is 29.6 Å². The molecule has 0 aliphatic heterocycles. The van der Waals surface area contributed by atoms with Gasteiger partial charge in [0, 0.05) is 12.8 Å². The fourth-order valence-corrected chi connectivity index (χ4v) is 4.04. The second-order valence-electron chi connectivity index (χ2n) is 6.87. The minimum Gasteiger partial charge on any atom is -0.465 e. The van der Waals surface area contributed by atoms with E-state index in [1.165, 1.54) is 0 Å². The molecular weight excluding hydrogens is 252 g/mol. The zero-order chi connectivity index (χ0) is 14.1. The molecule has 3 aliphatic carbocycles. The van der Waals surface area contributed by atoms with Crippen LogP contribution in [0.1, 0.15) is 45.4 Å². The van der Waals surface area contributed by atoms with Gasteiger partial charge in [-0.25, -0.2) is 0 Å². The maximum Gasteiger partial charge on any atom is 0.309 e. The SMILES string of the molecule is CC(COC(=O)C1CC2C=CC1C2)C1CCC(=O)CC1. The van der Waals surface area contributed by atoms with Crippen molar-refractivity contribution < 1.29 is 14.3 Å². The number of allylic oxidation sites excluding steroid dienone is 2. The highest BCUT2D eigenvalue weighted by atomic mass is 16.5. The zero-order valence-electron chi connectivity index (χ0n) is 12.2. The third-order valence-corrected chi connectivity index (χ3v) is 5.46. The molecule has 0 saturated heterocycles. The van der Waals surface area contributed by atoms with E-state index in [1.807, 2.05) is 0 Å². The quantitative estimate of drug-likeness (QED) is 0.585. The molecule has 0 N–H and O–H groups in total. The monoisotopic (exact) mass is 276 g/mol. The molecule has 2 saturated carbocycles. The van der Waals surface area contributed by atoms with Crippen LogP contribution in [-0.2, 0) is 14.3 Å². The van der Waals surface area contributed by atoms with Crippen molar-refractivity contribution in [1.82, 2.24) is 0 Å². The molecule has 2 bridgehead atoms. The summed E-state index contributed by atoms with van der Waals surface area (Å²) in [4.78, 5) is 23.4. The summed E-state index contributed by atoms with van der Waals surface area (Å²) in [5.74, 6) is 2.45. The maximum atomic E-state index is 12.2. The Hall–Kier alpha value is -1.12. The van der Waals surface area contributed by atoms with Gasteiger partial charge in [0.2, 0.25) is 0 Å². The summed E-state index contributed by atoms with van der Waals surface area (Å²) in [5.41, 5.74) is 0. The van der Waals surface area contributed by atoms with E-state index in [0.717, 1.165) is 25.7 Å². The third kappa shape index (κ3) is 2.82. The Bertz CT molecular complexity index is 416. The van der Waals surface area contributed by atoms with Gasteiger partial charge in [-0.05, 0) is 49.4 Å². The second kappa shape index (κ2) is 5.71. The summed E-state index contributed by atoms with van der Waals surface area (Å²) in [6.45, 7) is 2.67. The van der Waals surface area contributed by atoms with Crippen LogP contribution in [0.15, 0.2) is 12.2 Å². The molecule has 3 rings (SSSR count). The van der Waals surface area contributed by atoms with Gasteiger partial charge in [0.1, 0.15) is 5.78 Å². The van der Waals surface area contributed by atoms with Gasteiger partial charge < -0.3 is 4.74 Å². The van der Waals surface area contributed by atoms with Gasteiger partial charge in [0.05, 0.1) is 12.5 Å². The molecule has 0 radical (unpaired) electrons. The Kier molecular flexibility index (Phi) is 3.95. The number of carbonyl (C=O) groups excluding carboxylic acids is 2. The molecule has 4 unspecified atom stereocenters. The molecule has 0 aromatic rings. The summed E-state index contributed by atoms with van der Waals surface area (Å²) in [6, 6.07) is 0.